The van der Waals surface area contributed by atoms with Gasteiger partial charge in [0.15, 0.2) is 0 Å². The molecule has 3 rings (SSSR count). The maximum absolute atomic E-state index is 12.6. The van der Waals surface area contributed by atoms with Crippen molar-refractivity contribution in [2.24, 2.45) is 0 Å². The van der Waals surface area contributed by atoms with E-state index in [1.54, 1.807) is 0 Å². The predicted octanol–water partition coefficient (Wildman–Crippen LogP) is 2.32. The molecular formula is C21H26N2O2. The highest BCUT2D eigenvalue weighted by atomic mass is 16.3. The number of aliphatic hydroxyl groups excluding tert-OH is 1. The summed E-state index contributed by atoms with van der Waals surface area (Å²) in [4.78, 5) is 16.8. The molecule has 1 aliphatic rings. The van der Waals surface area contributed by atoms with Crippen molar-refractivity contribution in [2.75, 3.05) is 26.2 Å². The molecule has 1 amide bonds. The number of hydrogen-bond acceptors (Lipinski definition) is 3. The normalized spacial score (nSPS) is 17.3. The minimum atomic E-state index is -0.147. The van der Waals surface area contributed by atoms with Crippen LogP contribution in [0.25, 0.3) is 0 Å². The number of amides is 1. The topological polar surface area (TPSA) is 43.8 Å². The van der Waals surface area contributed by atoms with E-state index in [-0.39, 0.29) is 18.6 Å². The lowest BCUT2D eigenvalue weighted by Gasteiger charge is -2.30. The van der Waals surface area contributed by atoms with Gasteiger partial charge in [-0.2, -0.15) is 0 Å². The summed E-state index contributed by atoms with van der Waals surface area (Å²) in [5.74, 6) is 0.144. The van der Waals surface area contributed by atoms with Gasteiger partial charge in [-0.25, -0.2) is 0 Å². The predicted molar refractivity (Wildman–Crippen MR) is 99.1 cm³/mol. The van der Waals surface area contributed by atoms with Crippen LogP contribution in [0.15, 0.2) is 60.7 Å². The summed E-state index contributed by atoms with van der Waals surface area (Å²) in [7, 11) is 0. The lowest BCUT2D eigenvalue weighted by molar-refractivity contribution is -0.133. The van der Waals surface area contributed by atoms with Crippen LogP contribution in [0.1, 0.15) is 17.5 Å². The first kappa shape index (κ1) is 17.6. The van der Waals surface area contributed by atoms with Gasteiger partial charge in [0.25, 0.3) is 0 Å². The van der Waals surface area contributed by atoms with Crippen LogP contribution in [0.2, 0.25) is 0 Å². The van der Waals surface area contributed by atoms with Crippen molar-refractivity contribution in [1.29, 1.82) is 0 Å². The number of hydrogen-bond donors (Lipinski definition) is 1. The highest BCUT2D eigenvalue weighted by molar-refractivity contribution is 5.77. The summed E-state index contributed by atoms with van der Waals surface area (Å²) in [6, 6.07) is 20.3. The number of rotatable bonds is 6. The molecule has 2 aromatic carbocycles. The second kappa shape index (κ2) is 8.79. The first-order valence-corrected chi connectivity index (χ1v) is 8.97. The van der Waals surface area contributed by atoms with Gasteiger partial charge in [0, 0.05) is 32.6 Å². The smallest absolute Gasteiger partial charge is 0.224 e. The SMILES string of the molecule is O=C1CCN(Cc2ccccc2)CCN1[C@H](CO)Cc1ccccc1. The van der Waals surface area contributed by atoms with Crippen LogP contribution in [0.4, 0.5) is 0 Å². The van der Waals surface area contributed by atoms with Gasteiger partial charge in [-0.1, -0.05) is 60.7 Å². The third kappa shape index (κ3) is 4.91. The van der Waals surface area contributed by atoms with E-state index in [1.807, 2.05) is 53.4 Å². The molecule has 1 atom stereocenters. The molecule has 4 nitrogen and oxygen atoms in total. The molecule has 0 spiro atoms. The quantitative estimate of drug-likeness (QED) is 0.879. The molecule has 1 N–H and O–H groups in total. The summed E-state index contributed by atoms with van der Waals surface area (Å²) < 4.78 is 0. The Morgan fingerprint density at radius 2 is 1.52 bits per heavy atom. The van der Waals surface area contributed by atoms with Gasteiger partial charge in [-0.3, -0.25) is 9.69 Å². The number of aliphatic hydroxyl groups is 1. The van der Waals surface area contributed by atoms with E-state index in [4.69, 9.17) is 0 Å². The molecule has 132 valence electrons. The molecule has 0 saturated carbocycles. The lowest BCUT2D eigenvalue weighted by atomic mass is 10.0. The zero-order valence-corrected chi connectivity index (χ0v) is 14.6. The van der Waals surface area contributed by atoms with Crippen LogP contribution in [0, 0.1) is 0 Å². The Bertz CT molecular complexity index is 660. The summed E-state index contributed by atoms with van der Waals surface area (Å²) in [6.07, 6.45) is 1.21. The van der Waals surface area contributed by atoms with E-state index in [2.05, 4.69) is 17.0 Å². The van der Waals surface area contributed by atoms with Crippen LogP contribution >= 0.6 is 0 Å². The van der Waals surface area contributed by atoms with Gasteiger partial charge in [-0.05, 0) is 17.5 Å². The molecule has 0 aromatic heterocycles. The van der Waals surface area contributed by atoms with E-state index in [0.717, 1.165) is 25.2 Å². The first-order chi connectivity index (χ1) is 12.3. The molecule has 1 fully saturated rings. The first-order valence-electron chi connectivity index (χ1n) is 8.97. The number of carbonyl (C=O) groups excluding carboxylic acids is 1. The van der Waals surface area contributed by atoms with Crippen LogP contribution < -0.4 is 0 Å². The van der Waals surface area contributed by atoms with Crippen molar-refractivity contribution in [2.45, 2.75) is 25.4 Å². The molecule has 1 heterocycles. The summed E-state index contributed by atoms with van der Waals surface area (Å²) >= 11 is 0. The maximum Gasteiger partial charge on any atom is 0.224 e. The number of nitrogens with zero attached hydrogens (tertiary/aromatic N) is 2. The van der Waals surface area contributed by atoms with Crippen LogP contribution in [0.5, 0.6) is 0 Å². The Labute approximate surface area is 149 Å². The second-order valence-electron chi connectivity index (χ2n) is 6.62. The van der Waals surface area contributed by atoms with E-state index < -0.39 is 0 Å². The van der Waals surface area contributed by atoms with Crippen molar-refractivity contribution in [3.8, 4) is 0 Å². The van der Waals surface area contributed by atoms with Gasteiger partial charge in [0.05, 0.1) is 12.6 Å². The summed E-state index contributed by atoms with van der Waals surface area (Å²) in [5.41, 5.74) is 2.42. The summed E-state index contributed by atoms with van der Waals surface area (Å²) in [5, 5.41) is 9.84. The Morgan fingerprint density at radius 1 is 0.880 bits per heavy atom. The van der Waals surface area contributed by atoms with Crippen LogP contribution in [-0.2, 0) is 17.8 Å². The summed E-state index contributed by atoms with van der Waals surface area (Å²) in [6.45, 7) is 3.15. The highest BCUT2D eigenvalue weighted by Crippen LogP contribution is 2.15. The van der Waals surface area contributed by atoms with Crippen LogP contribution in [-0.4, -0.2) is 53.1 Å². The maximum atomic E-state index is 12.6. The molecule has 0 radical (unpaired) electrons. The van der Waals surface area contributed by atoms with Crippen molar-refractivity contribution in [3.63, 3.8) is 0 Å². The van der Waals surface area contributed by atoms with Crippen molar-refractivity contribution in [3.05, 3.63) is 71.8 Å². The fourth-order valence-electron chi connectivity index (χ4n) is 3.43. The Hall–Kier alpha value is -2.17. The number of benzene rings is 2. The second-order valence-corrected chi connectivity index (χ2v) is 6.62. The average molecular weight is 338 g/mol. The fraction of sp³-hybridized carbons (Fsp3) is 0.381. The van der Waals surface area contributed by atoms with Crippen molar-refractivity contribution < 1.29 is 9.90 Å². The molecular weight excluding hydrogens is 312 g/mol. The zero-order valence-electron chi connectivity index (χ0n) is 14.6. The minimum absolute atomic E-state index is 0.000675. The molecule has 2 aromatic rings. The van der Waals surface area contributed by atoms with Gasteiger partial charge in [0.1, 0.15) is 0 Å². The average Bonchev–Trinajstić information content (AvgIpc) is 2.83. The molecule has 0 bridgehead atoms. The largest absolute Gasteiger partial charge is 0.394 e. The molecule has 25 heavy (non-hydrogen) atoms. The third-order valence-corrected chi connectivity index (χ3v) is 4.83. The highest BCUT2D eigenvalue weighted by Gasteiger charge is 2.27. The van der Waals surface area contributed by atoms with E-state index in [9.17, 15) is 9.90 Å². The molecule has 4 heteroatoms. The van der Waals surface area contributed by atoms with Gasteiger partial charge in [-0.15, -0.1) is 0 Å². The Kier molecular flexibility index (Phi) is 6.20. The molecule has 0 unspecified atom stereocenters. The van der Waals surface area contributed by atoms with E-state index in [1.165, 1.54) is 5.56 Å². The minimum Gasteiger partial charge on any atom is -0.394 e. The van der Waals surface area contributed by atoms with Crippen molar-refractivity contribution >= 4 is 5.91 Å². The Balaban J connectivity index is 1.63. The Morgan fingerprint density at radius 3 is 2.16 bits per heavy atom. The molecule has 1 aliphatic heterocycles. The van der Waals surface area contributed by atoms with E-state index >= 15 is 0 Å². The van der Waals surface area contributed by atoms with Gasteiger partial charge < -0.3 is 10.0 Å². The van der Waals surface area contributed by atoms with Gasteiger partial charge in [0.2, 0.25) is 5.91 Å². The van der Waals surface area contributed by atoms with Crippen LogP contribution in [0.3, 0.4) is 0 Å². The molecule has 0 aliphatic carbocycles. The fourth-order valence-corrected chi connectivity index (χ4v) is 3.43. The van der Waals surface area contributed by atoms with E-state index in [0.29, 0.717) is 19.4 Å². The van der Waals surface area contributed by atoms with Gasteiger partial charge >= 0.3 is 0 Å². The standard InChI is InChI=1S/C21H26N2O2/c24-17-20(15-18-7-3-1-4-8-18)23-14-13-22(12-11-21(23)25)16-19-9-5-2-6-10-19/h1-10,20,24H,11-17H2/t20-/m0/s1. The molecule has 1 saturated heterocycles. The van der Waals surface area contributed by atoms with Crippen molar-refractivity contribution in [1.82, 2.24) is 9.80 Å². The lowest BCUT2D eigenvalue weighted by Crippen LogP contribution is -2.44. The third-order valence-electron chi connectivity index (χ3n) is 4.83. The monoisotopic (exact) mass is 338 g/mol. The number of carbonyl (C=O) groups is 1. The zero-order chi connectivity index (χ0) is 17.5.